The van der Waals surface area contributed by atoms with Gasteiger partial charge in [-0.25, -0.2) is 4.98 Å². The summed E-state index contributed by atoms with van der Waals surface area (Å²) in [7, 11) is 0. The first kappa shape index (κ1) is 15.8. The van der Waals surface area contributed by atoms with Crippen molar-refractivity contribution in [3.05, 3.63) is 46.7 Å². The zero-order chi connectivity index (χ0) is 16.6. The van der Waals surface area contributed by atoms with Crippen molar-refractivity contribution < 1.29 is 0 Å². The largest absolute Gasteiger partial charge is 0.367 e. The third-order valence-electron chi connectivity index (χ3n) is 4.03. The number of fused-ring (bicyclic) bond motifs is 1. The molecule has 0 fully saturated rings. The van der Waals surface area contributed by atoms with Crippen LogP contribution in [-0.4, -0.2) is 20.6 Å². The van der Waals surface area contributed by atoms with Gasteiger partial charge in [0.2, 0.25) is 0 Å². The summed E-state index contributed by atoms with van der Waals surface area (Å²) in [6, 6.07) is 10.2. The van der Waals surface area contributed by atoms with E-state index in [1.807, 2.05) is 48.7 Å². The molecule has 0 aliphatic heterocycles. The molecule has 23 heavy (non-hydrogen) atoms. The average Bonchev–Trinajstić information content (AvgIpc) is 2.84. The van der Waals surface area contributed by atoms with Gasteiger partial charge >= 0.3 is 0 Å². The molecule has 5 heteroatoms. The first-order chi connectivity index (χ1) is 11.0. The fourth-order valence-corrected chi connectivity index (χ4v) is 2.78. The summed E-state index contributed by atoms with van der Waals surface area (Å²) in [5, 5.41) is 8.94. The van der Waals surface area contributed by atoms with Crippen LogP contribution in [0.2, 0.25) is 5.02 Å². The van der Waals surface area contributed by atoms with E-state index < -0.39 is 0 Å². The number of halogens is 1. The van der Waals surface area contributed by atoms with Crippen LogP contribution in [0.25, 0.3) is 16.8 Å². The Balaban J connectivity index is 2.20. The maximum absolute atomic E-state index is 6.01. The second kappa shape index (κ2) is 6.20. The minimum atomic E-state index is 0.378. The number of nitrogens with one attached hydrogen (secondary N) is 1. The fraction of sp³-hybridized carbons (Fsp3) is 0.333. The standard InChI is InChI=1S/C18H21ClN4/c1-5-11(2)20-16-10-12(3)21-18-17(13(4)22-23(16)18)14-6-8-15(19)9-7-14/h6-11,20H,5H2,1-4H3/t11-/m0/s1. The van der Waals surface area contributed by atoms with Gasteiger partial charge in [0, 0.05) is 28.4 Å². The Morgan fingerprint density at radius 3 is 2.57 bits per heavy atom. The van der Waals surface area contributed by atoms with E-state index in [-0.39, 0.29) is 0 Å². The minimum Gasteiger partial charge on any atom is -0.367 e. The van der Waals surface area contributed by atoms with Crippen molar-refractivity contribution in [1.29, 1.82) is 0 Å². The van der Waals surface area contributed by atoms with Gasteiger partial charge in [0.05, 0.1) is 5.69 Å². The Labute approximate surface area is 141 Å². The molecule has 0 saturated carbocycles. The van der Waals surface area contributed by atoms with Gasteiger partial charge in [-0.15, -0.1) is 0 Å². The Morgan fingerprint density at radius 1 is 1.22 bits per heavy atom. The Kier molecular flexibility index (Phi) is 4.26. The molecule has 3 rings (SSSR count). The summed E-state index contributed by atoms with van der Waals surface area (Å²) in [6.45, 7) is 8.35. The quantitative estimate of drug-likeness (QED) is 0.742. The van der Waals surface area contributed by atoms with Gasteiger partial charge in [-0.2, -0.15) is 9.61 Å². The number of hydrogen-bond donors (Lipinski definition) is 1. The molecule has 1 aromatic carbocycles. The molecule has 0 saturated heterocycles. The molecular formula is C18H21ClN4. The highest BCUT2D eigenvalue weighted by molar-refractivity contribution is 6.30. The molecule has 120 valence electrons. The number of nitrogens with zero attached hydrogens (tertiary/aromatic N) is 3. The predicted octanol–water partition coefficient (Wildman–Crippen LogP) is 4.88. The molecule has 0 spiro atoms. The van der Waals surface area contributed by atoms with E-state index in [0.717, 1.165) is 45.4 Å². The molecule has 0 aliphatic rings. The monoisotopic (exact) mass is 328 g/mol. The number of aromatic nitrogens is 3. The summed E-state index contributed by atoms with van der Waals surface area (Å²) in [5.41, 5.74) is 4.93. The molecule has 2 heterocycles. The van der Waals surface area contributed by atoms with Crippen LogP contribution in [0.15, 0.2) is 30.3 Å². The van der Waals surface area contributed by atoms with Gasteiger partial charge in [-0.05, 0) is 44.9 Å². The maximum atomic E-state index is 6.01. The van der Waals surface area contributed by atoms with E-state index in [4.69, 9.17) is 21.7 Å². The van der Waals surface area contributed by atoms with Crippen LogP contribution in [0.3, 0.4) is 0 Å². The maximum Gasteiger partial charge on any atom is 0.165 e. The van der Waals surface area contributed by atoms with Gasteiger partial charge < -0.3 is 5.32 Å². The number of rotatable bonds is 4. The molecular weight excluding hydrogens is 308 g/mol. The Bertz CT molecular complexity index is 836. The lowest BCUT2D eigenvalue weighted by molar-refractivity contribution is 0.747. The lowest BCUT2D eigenvalue weighted by atomic mass is 10.1. The van der Waals surface area contributed by atoms with Crippen LogP contribution < -0.4 is 5.32 Å². The van der Waals surface area contributed by atoms with Gasteiger partial charge in [0.25, 0.3) is 0 Å². The van der Waals surface area contributed by atoms with E-state index in [9.17, 15) is 0 Å². The fourth-order valence-electron chi connectivity index (χ4n) is 2.66. The lowest BCUT2D eigenvalue weighted by Gasteiger charge is -2.14. The molecule has 0 bridgehead atoms. The average molecular weight is 329 g/mol. The van der Waals surface area contributed by atoms with E-state index in [0.29, 0.717) is 6.04 Å². The zero-order valence-electron chi connectivity index (χ0n) is 13.9. The van der Waals surface area contributed by atoms with Crippen LogP contribution in [0.5, 0.6) is 0 Å². The van der Waals surface area contributed by atoms with Crippen LogP contribution in [0, 0.1) is 13.8 Å². The van der Waals surface area contributed by atoms with Crippen LogP contribution in [0.4, 0.5) is 5.82 Å². The predicted molar refractivity (Wildman–Crippen MR) is 96.3 cm³/mol. The Hall–Kier alpha value is -2.07. The van der Waals surface area contributed by atoms with Crippen molar-refractivity contribution in [2.24, 2.45) is 0 Å². The summed E-state index contributed by atoms with van der Waals surface area (Å²) in [5.74, 6) is 0.977. The van der Waals surface area contributed by atoms with Crippen molar-refractivity contribution in [2.45, 2.75) is 40.2 Å². The molecule has 2 aromatic heterocycles. The van der Waals surface area contributed by atoms with Gasteiger partial charge in [0.1, 0.15) is 5.82 Å². The summed E-state index contributed by atoms with van der Waals surface area (Å²) in [4.78, 5) is 4.72. The van der Waals surface area contributed by atoms with Crippen LogP contribution in [-0.2, 0) is 0 Å². The van der Waals surface area contributed by atoms with E-state index in [2.05, 4.69) is 19.2 Å². The molecule has 0 radical (unpaired) electrons. The minimum absolute atomic E-state index is 0.378. The number of hydrogen-bond acceptors (Lipinski definition) is 3. The zero-order valence-corrected chi connectivity index (χ0v) is 14.6. The Morgan fingerprint density at radius 2 is 1.91 bits per heavy atom. The third-order valence-corrected chi connectivity index (χ3v) is 4.28. The smallest absolute Gasteiger partial charge is 0.165 e. The first-order valence-corrected chi connectivity index (χ1v) is 8.27. The van der Waals surface area contributed by atoms with Gasteiger partial charge in [-0.3, -0.25) is 0 Å². The normalized spacial score (nSPS) is 12.6. The van der Waals surface area contributed by atoms with Crippen molar-refractivity contribution in [3.63, 3.8) is 0 Å². The van der Waals surface area contributed by atoms with Gasteiger partial charge in [0.15, 0.2) is 5.65 Å². The van der Waals surface area contributed by atoms with Crippen molar-refractivity contribution >= 4 is 23.1 Å². The van der Waals surface area contributed by atoms with Crippen molar-refractivity contribution in [1.82, 2.24) is 14.6 Å². The third kappa shape index (κ3) is 3.04. The highest BCUT2D eigenvalue weighted by atomic mass is 35.5. The molecule has 1 atom stereocenters. The summed E-state index contributed by atoms with van der Waals surface area (Å²) >= 11 is 6.01. The summed E-state index contributed by atoms with van der Waals surface area (Å²) < 4.78 is 1.90. The number of anilines is 1. The van der Waals surface area contributed by atoms with Crippen molar-refractivity contribution in [3.8, 4) is 11.1 Å². The second-order valence-corrected chi connectivity index (χ2v) is 6.38. The van der Waals surface area contributed by atoms with Crippen LogP contribution in [0.1, 0.15) is 31.7 Å². The SMILES string of the molecule is CC[C@H](C)Nc1cc(C)nc2c(-c3ccc(Cl)cc3)c(C)nn12. The first-order valence-electron chi connectivity index (χ1n) is 7.89. The van der Waals surface area contributed by atoms with Crippen molar-refractivity contribution in [2.75, 3.05) is 5.32 Å². The van der Waals surface area contributed by atoms with Gasteiger partial charge in [-0.1, -0.05) is 30.7 Å². The number of benzene rings is 1. The molecule has 0 unspecified atom stereocenters. The molecule has 3 aromatic rings. The molecule has 0 amide bonds. The second-order valence-electron chi connectivity index (χ2n) is 5.94. The van der Waals surface area contributed by atoms with Crippen LogP contribution >= 0.6 is 11.6 Å². The lowest BCUT2D eigenvalue weighted by Crippen LogP contribution is -2.16. The van der Waals surface area contributed by atoms with E-state index in [1.165, 1.54) is 0 Å². The molecule has 0 aliphatic carbocycles. The summed E-state index contributed by atoms with van der Waals surface area (Å²) in [6.07, 6.45) is 1.05. The topological polar surface area (TPSA) is 42.2 Å². The number of aryl methyl sites for hydroxylation is 2. The molecule has 4 nitrogen and oxygen atoms in total. The van der Waals surface area contributed by atoms with E-state index in [1.54, 1.807) is 0 Å². The van der Waals surface area contributed by atoms with E-state index >= 15 is 0 Å². The highest BCUT2D eigenvalue weighted by Gasteiger charge is 2.16. The molecule has 1 N–H and O–H groups in total. The highest BCUT2D eigenvalue weighted by Crippen LogP contribution is 2.30.